The Bertz CT molecular complexity index is 394. The number of anilines is 1. The first-order valence-electron chi connectivity index (χ1n) is 5.07. The molecule has 0 saturated heterocycles. The summed E-state index contributed by atoms with van der Waals surface area (Å²) in [7, 11) is 0. The highest BCUT2D eigenvalue weighted by atomic mass is 16.6. The molecule has 1 aromatic rings. The summed E-state index contributed by atoms with van der Waals surface area (Å²) >= 11 is 0. The average molecular weight is 244 g/mol. The maximum Gasteiger partial charge on any atom is 0.349 e. The highest BCUT2D eigenvalue weighted by Gasteiger charge is 2.27. The van der Waals surface area contributed by atoms with E-state index in [0.717, 1.165) is 0 Å². The number of hydrogen-bond donors (Lipinski definition) is 2. The first kappa shape index (κ1) is 13.3. The van der Waals surface area contributed by atoms with E-state index >= 15 is 0 Å². The predicted octanol–water partition coefficient (Wildman–Crippen LogP) is 0.583. The molecule has 0 aliphatic carbocycles. The van der Waals surface area contributed by atoms with E-state index in [9.17, 15) is 4.79 Å². The molecule has 1 heterocycles. The van der Waals surface area contributed by atoms with Crippen LogP contribution >= 0.6 is 0 Å². The fourth-order valence-electron chi connectivity index (χ4n) is 1.04. The molecule has 0 atom stereocenters. The summed E-state index contributed by atoms with van der Waals surface area (Å²) in [5, 5.41) is 12.0. The molecule has 7 nitrogen and oxygen atoms in total. The van der Waals surface area contributed by atoms with Crippen molar-refractivity contribution in [3.63, 3.8) is 0 Å². The standard InChI is InChI=1S/C10H16N2O5/c1-10(2,3)16-8(14)6-7(11)12-17-9(6)15-5-4-13/h13H,4-5H2,1-3H3,(H2,11,12). The summed E-state index contributed by atoms with van der Waals surface area (Å²) in [5.74, 6) is -0.929. The van der Waals surface area contributed by atoms with Gasteiger partial charge in [0.15, 0.2) is 11.4 Å². The van der Waals surface area contributed by atoms with Gasteiger partial charge in [-0.15, -0.1) is 0 Å². The van der Waals surface area contributed by atoms with Crippen molar-refractivity contribution in [2.75, 3.05) is 18.9 Å². The number of aromatic nitrogens is 1. The van der Waals surface area contributed by atoms with Crippen molar-refractivity contribution >= 4 is 11.8 Å². The summed E-state index contributed by atoms with van der Waals surface area (Å²) in [4.78, 5) is 11.8. The van der Waals surface area contributed by atoms with Gasteiger partial charge in [-0.2, -0.15) is 0 Å². The number of nitrogen functional groups attached to an aromatic ring is 1. The zero-order valence-electron chi connectivity index (χ0n) is 10.0. The van der Waals surface area contributed by atoms with Crippen molar-refractivity contribution in [1.29, 1.82) is 0 Å². The molecule has 96 valence electrons. The summed E-state index contributed by atoms with van der Waals surface area (Å²) in [6.07, 6.45) is 0. The molecule has 0 spiro atoms. The molecule has 0 saturated carbocycles. The van der Waals surface area contributed by atoms with Crippen molar-refractivity contribution in [3.05, 3.63) is 5.56 Å². The molecule has 0 aliphatic rings. The van der Waals surface area contributed by atoms with Crippen LogP contribution in [0.3, 0.4) is 0 Å². The zero-order chi connectivity index (χ0) is 13.1. The fourth-order valence-corrected chi connectivity index (χ4v) is 1.04. The molecule has 0 aromatic carbocycles. The number of rotatable bonds is 4. The highest BCUT2D eigenvalue weighted by molar-refractivity contribution is 5.96. The lowest BCUT2D eigenvalue weighted by atomic mass is 10.2. The Kier molecular flexibility index (Phi) is 3.95. The molecular formula is C10H16N2O5. The van der Waals surface area contributed by atoms with Crippen LogP contribution in [0.15, 0.2) is 4.52 Å². The molecule has 1 rings (SSSR count). The Morgan fingerprint density at radius 3 is 2.71 bits per heavy atom. The zero-order valence-corrected chi connectivity index (χ0v) is 10.0. The number of nitrogens with zero attached hydrogens (tertiary/aromatic N) is 1. The van der Waals surface area contributed by atoms with Gasteiger partial charge in [0.1, 0.15) is 12.2 Å². The van der Waals surface area contributed by atoms with Crippen LogP contribution in [0.2, 0.25) is 0 Å². The van der Waals surface area contributed by atoms with Crippen LogP contribution in [0, 0.1) is 0 Å². The molecule has 0 bridgehead atoms. The highest BCUT2D eigenvalue weighted by Crippen LogP contribution is 2.26. The molecular weight excluding hydrogens is 228 g/mol. The fraction of sp³-hybridized carbons (Fsp3) is 0.600. The quantitative estimate of drug-likeness (QED) is 0.746. The third-order valence-electron chi connectivity index (χ3n) is 1.61. The van der Waals surface area contributed by atoms with Crippen LogP contribution < -0.4 is 10.5 Å². The number of nitrogens with two attached hydrogens (primary N) is 1. The van der Waals surface area contributed by atoms with Crippen molar-refractivity contribution in [1.82, 2.24) is 5.16 Å². The predicted molar refractivity (Wildman–Crippen MR) is 58.7 cm³/mol. The minimum atomic E-state index is -0.677. The lowest BCUT2D eigenvalue weighted by molar-refractivity contribution is 0.00634. The van der Waals surface area contributed by atoms with E-state index in [1.807, 2.05) is 0 Å². The Hall–Kier alpha value is -1.76. The molecule has 0 radical (unpaired) electrons. The molecule has 17 heavy (non-hydrogen) atoms. The van der Waals surface area contributed by atoms with E-state index in [4.69, 9.17) is 24.8 Å². The normalized spacial score (nSPS) is 11.3. The van der Waals surface area contributed by atoms with Crippen LogP contribution in [-0.2, 0) is 4.74 Å². The van der Waals surface area contributed by atoms with Gasteiger partial charge in [0.05, 0.1) is 6.61 Å². The van der Waals surface area contributed by atoms with E-state index in [1.165, 1.54) is 0 Å². The van der Waals surface area contributed by atoms with Gasteiger partial charge < -0.3 is 24.8 Å². The first-order chi connectivity index (χ1) is 7.85. The molecule has 0 aliphatic heterocycles. The van der Waals surface area contributed by atoms with Crippen LogP contribution in [0.4, 0.5) is 5.82 Å². The maximum absolute atomic E-state index is 11.8. The van der Waals surface area contributed by atoms with Gasteiger partial charge in [-0.3, -0.25) is 0 Å². The van der Waals surface area contributed by atoms with E-state index < -0.39 is 11.6 Å². The van der Waals surface area contributed by atoms with Gasteiger partial charge >= 0.3 is 11.9 Å². The van der Waals surface area contributed by atoms with Gasteiger partial charge in [0.2, 0.25) is 0 Å². The molecule has 0 amide bonds. The molecule has 0 unspecified atom stereocenters. The van der Waals surface area contributed by atoms with Crippen LogP contribution in [0.5, 0.6) is 5.95 Å². The van der Waals surface area contributed by atoms with Crippen molar-refractivity contribution in [2.45, 2.75) is 26.4 Å². The second kappa shape index (κ2) is 5.05. The molecule has 7 heteroatoms. The van der Waals surface area contributed by atoms with E-state index in [2.05, 4.69) is 5.16 Å². The third-order valence-corrected chi connectivity index (χ3v) is 1.61. The van der Waals surface area contributed by atoms with Gasteiger partial charge in [0, 0.05) is 0 Å². The van der Waals surface area contributed by atoms with E-state index in [-0.39, 0.29) is 30.5 Å². The lowest BCUT2D eigenvalue weighted by Crippen LogP contribution is -2.24. The number of carbonyl (C=O) groups is 1. The number of hydrogen-bond acceptors (Lipinski definition) is 7. The monoisotopic (exact) mass is 244 g/mol. The van der Waals surface area contributed by atoms with Crippen LogP contribution in [0.25, 0.3) is 0 Å². The summed E-state index contributed by atoms with van der Waals surface area (Å²) in [6.45, 7) is 4.94. The van der Waals surface area contributed by atoms with Gasteiger partial charge in [-0.1, -0.05) is 5.16 Å². The second-order valence-electron chi connectivity index (χ2n) is 4.30. The number of aliphatic hydroxyl groups is 1. The minimum Gasteiger partial charge on any atom is -0.461 e. The summed E-state index contributed by atoms with van der Waals surface area (Å²) in [6, 6.07) is 0. The lowest BCUT2D eigenvalue weighted by Gasteiger charge is -2.19. The van der Waals surface area contributed by atoms with Gasteiger partial charge in [0.25, 0.3) is 0 Å². The van der Waals surface area contributed by atoms with Crippen molar-refractivity contribution < 1.29 is 23.9 Å². The number of aliphatic hydroxyl groups excluding tert-OH is 1. The summed E-state index contributed by atoms with van der Waals surface area (Å²) < 4.78 is 14.8. The Morgan fingerprint density at radius 2 is 2.18 bits per heavy atom. The molecule has 1 aromatic heterocycles. The average Bonchev–Trinajstić information content (AvgIpc) is 2.54. The third kappa shape index (κ3) is 3.63. The summed E-state index contributed by atoms with van der Waals surface area (Å²) in [5.41, 5.74) is 4.77. The van der Waals surface area contributed by atoms with Crippen molar-refractivity contribution in [3.8, 4) is 5.95 Å². The Labute approximate surface area is 98.5 Å². The number of ether oxygens (including phenoxy) is 2. The second-order valence-corrected chi connectivity index (χ2v) is 4.30. The maximum atomic E-state index is 11.8. The van der Waals surface area contributed by atoms with E-state index in [0.29, 0.717) is 0 Å². The van der Waals surface area contributed by atoms with E-state index in [1.54, 1.807) is 20.8 Å². The van der Waals surface area contributed by atoms with Crippen LogP contribution in [-0.4, -0.2) is 35.0 Å². The number of carbonyl (C=O) groups excluding carboxylic acids is 1. The topological polar surface area (TPSA) is 108 Å². The van der Waals surface area contributed by atoms with Crippen molar-refractivity contribution in [2.24, 2.45) is 0 Å². The largest absolute Gasteiger partial charge is 0.461 e. The SMILES string of the molecule is CC(C)(C)OC(=O)c1c(N)noc1OCCO. The molecule has 3 N–H and O–H groups in total. The number of esters is 1. The minimum absolute atomic E-state index is 0.0234. The molecule has 0 fully saturated rings. The Morgan fingerprint density at radius 1 is 1.53 bits per heavy atom. The van der Waals surface area contributed by atoms with Gasteiger partial charge in [-0.25, -0.2) is 4.79 Å². The van der Waals surface area contributed by atoms with Gasteiger partial charge in [-0.05, 0) is 20.8 Å². The smallest absolute Gasteiger partial charge is 0.349 e. The van der Waals surface area contributed by atoms with Crippen LogP contribution in [0.1, 0.15) is 31.1 Å². The Balaban J connectivity index is 2.88. The first-order valence-corrected chi connectivity index (χ1v) is 5.07.